The maximum absolute atomic E-state index is 11.1. The third-order valence-electron chi connectivity index (χ3n) is 3.55. The van der Waals surface area contributed by atoms with E-state index in [1.807, 2.05) is 0 Å². The molecule has 100 valence electrons. The van der Waals surface area contributed by atoms with Gasteiger partial charge in [0.15, 0.2) is 11.3 Å². The first-order chi connectivity index (χ1) is 9.18. The molecule has 1 aliphatic rings. The van der Waals surface area contributed by atoms with Crippen LogP contribution in [0.4, 0.5) is 11.5 Å². The van der Waals surface area contributed by atoms with Crippen molar-refractivity contribution in [1.82, 2.24) is 14.5 Å². The van der Waals surface area contributed by atoms with Crippen LogP contribution in [0.5, 0.6) is 0 Å². The quantitative estimate of drug-likeness (QED) is 0.609. The van der Waals surface area contributed by atoms with Gasteiger partial charge >= 0.3 is 5.69 Å². The highest BCUT2D eigenvalue weighted by Gasteiger charge is 2.23. The second-order valence-electron chi connectivity index (χ2n) is 4.82. The molecule has 0 radical (unpaired) electrons. The summed E-state index contributed by atoms with van der Waals surface area (Å²) in [6.45, 7) is 1.88. The van der Waals surface area contributed by atoms with E-state index in [0.29, 0.717) is 11.0 Å². The molecule has 0 amide bonds. The highest BCUT2D eigenvalue weighted by Crippen LogP contribution is 2.31. The zero-order valence-electron chi connectivity index (χ0n) is 10.7. The van der Waals surface area contributed by atoms with Gasteiger partial charge in [0.05, 0.1) is 11.3 Å². The van der Waals surface area contributed by atoms with E-state index in [1.54, 1.807) is 17.9 Å². The van der Waals surface area contributed by atoms with Crippen molar-refractivity contribution in [3.63, 3.8) is 0 Å². The van der Waals surface area contributed by atoms with Gasteiger partial charge in [0.2, 0.25) is 0 Å². The number of hydrogen-bond acceptors (Lipinski definition) is 5. The van der Waals surface area contributed by atoms with Gasteiger partial charge in [-0.1, -0.05) is 0 Å². The molecule has 0 bridgehead atoms. The van der Waals surface area contributed by atoms with Gasteiger partial charge in [0.1, 0.15) is 11.7 Å². The predicted molar refractivity (Wildman–Crippen MR) is 71.2 cm³/mol. The van der Waals surface area contributed by atoms with Crippen LogP contribution in [0.1, 0.15) is 19.3 Å². The zero-order valence-corrected chi connectivity index (χ0v) is 10.7. The molecular weight excluding hydrogens is 246 g/mol. The van der Waals surface area contributed by atoms with Crippen molar-refractivity contribution in [2.45, 2.75) is 19.3 Å². The Bertz CT molecular complexity index is 630. The molecule has 3 rings (SSSR count). The minimum atomic E-state index is -0.406. The Hall–Kier alpha value is -2.18. The number of anilines is 1. The van der Waals surface area contributed by atoms with Gasteiger partial charge in [-0.3, -0.25) is 10.1 Å². The Morgan fingerprint density at radius 1 is 1.26 bits per heavy atom. The van der Waals surface area contributed by atoms with Crippen LogP contribution in [-0.4, -0.2) is 32.5 Å². The standard InChI is InChI=1S/C12H15N5O2/c1-15-8-14-10-11(15)9(17(18)19)7-13-12(10)16-5-3-2-4-6-16/h7-8H,2-6H2,1H3. The zero-order chi connectivity index (χ0) is 13.4. The lowest BCUT2D eigenvalue weighted by atomic mass is 10.1. The second-order valence-corrected chi connectivity index (χ2v) is 4.82. The smallest absolute Gasteiger partial charge is 0.313 e. The van der Waals surface area contributed by atoms with Crippen LogP contribution in [0.15, 0.2) is 12.5 Å². The fourth-order valence-electron chi connectivity index (χ4n) is 2.61. The average molecular weight is 261 g/mol. The summed E-state index contributed by atoms with van der Waals surface area (Å²) in [6.07, 6.45) is 6.44. The fraction of sp³-hybridized carbons (Fsp3) is 0.500. The molecule has 1 aliphatic heterocycles. The van der Waals surface area contributed by atoms with Crippen LogP contribution in [0.25, 0.3) is 11.0 Å². The summed E-state index contributed by atoms with van der Waals surface area (Å²) in [6, 6.07) is 0. The van der Waals surface area contributed by atoms with Gasteiger partial charge in [-0.15, -0.1) is 0 Å². The summed E-state index contributed by atoms with van der Waals surface area (Å²) in [4.78, 5) is 21.4. The highest BCUT2D eigenvalue weighted by atomic mass is 16.6. The lowest BCUT2D eigenvalue weighted by Gasteiger charge is -2.27. The van der Waals surface area contributed by atoms with Gasteiger partial charge in [0.25, 0.3) is 0 Å². The van der Waals surface area contributed by atoms with Crippen molar-refractivity contribution < 1.29 is 4.92 Å². The lowest BCUT2D eigenvalue weighted by Crippen LogP contribution is -2.30. The van der Waals surface area contributed by atoms with Crippen LogP contribution in [0, 0.1) is 10.1 Å². The van der Waals surface area contributed by atoms with E-state index >= 15 is 0 Å². The Labute approximate surface area is 110 Å². The number of nitro groups is 1. The lowest BCUT2D eigenvalue weighted by molar-refractivity contribution is -0.383. The monoisotopic (exact) mass is 261 g/mol. The molecule has 0 N–H and O–H groups in total. The number of piperidine rings is 1. The summed E-state index contributed by atoms with van der Waals surface area (Å²) in [5.41, 5.74) is 1.18. The number of pyridine rings is 1. The summed E-state index contributed by atoms with van der Waals surface area (Å²) >= 11 is 0. The average Bonchev–Trinajstić information content (AvgIpc) is 2.81. The SMILES string of the molecule is Cn1cnc2c(N3CCCCC3)ncc([N+](=O)[O-])c21. The van der Waals surface area contributed by atoms with Crippen molar-refractivity contribution >= 4 is 22.5 Å². The molecule has 0 aromatic carbocycles. The summed E-state index contributed by atoms with van der Waals surface area (Å²) in [5.74, 6) is 0.765. The van der Waals surface area contributed by atoms with E-state index in [2.05, 4.69) is 14.9 Å². The molecule has 0 saturated carbocycles. The molecule has 2 aromatic heterocycles. The van der Waals surface area contributed by atoms with Gasteiger partial charge in [-0.05, 0) is 19.3 Å². The Morgan fingerprint density at radius 2 is 2.00 bits per heavy atom. The fourth-order valence-corrected chi connectivity index (χ4v) is 2.61. The molecule has 7 nitrogen and oxygen atoms in total. The first-order valence-electron chi connectivity index (χ1n) is 6.38. The van der Waals surface area contributed by atoms with Gasteiger partial charge in [-0.2, -0.15) is 0 Å². The van der Waals surface area contributed by atoms with Gasteiger partial charge < -0.3 is 9.47 Å². The van der Waals surface area contributed by atoms with Crippen molar-refractivity contribution in [2.24, 2.45) is 7.05 Å². The molecule has 7 heteroatoms. The molecular formula is C12H15N5O2. The third-order valence-corrected chi connectivity index (χ3v) is 3.55. The van der Waals surface area contributed by atoms with Crippen LogP contribution < -0.4 is 4.90 Å². The molecule has 0 spiro atoms. The first kappa shape index (κ1) is 11.9. The van der Waals surface area contributed by atoms with Crippen LogP contribution in [0.2, 0.25) is 0 Å². The number of hydrogen-bond donors (Lipinski definition) is 0. The van der Waals surface area contributed by atoms with E-state index in [9.17, 15) is 10.1 Å². The first-order valence-corrected chi connectivity index (χ1v) is 6.38. The predicted octanol–water partition coefficient (Wildman–Crippen LogP) is 1.87. The van der Waals surface area contributed by atoms with E-state index in [0.717, 1.165) is 31.7 Å². The van der Waals surface area contributed by atoms with Crippen LogP contribution in [-0.2, 0) is 7.05 Å². The molecule has 0 atom stereocenters. The number of aryl methyl sites for hydroxylation is 1. The van der Waals surface area contributed by atoms with E-state index in [1.165, 1.54) is 12.6 Å². The Morgan fingerprint density at radius 3 is 2.68 bits per heavy atom. The van der Waals surface area contributed by atoms with Crippen molar-refractivity contribution in [3.05, 3.63) is 22.6 Å². The largest absolute Gasteiger partial charge is 0.355 e. The summed E-state index contributed by atoms with van der Waals surface area (Å²) in [5, 5.41) is 11.1. The molecule has 1 fully saturated rings. The normalized spacial score (nSPS) is 15.9. The maximum atomic E-state index is 11.1. The Kier molecular flexibility index (Phi) is 2.81. The minimum Gasteiger partial charge on any atom is -0.355 e. The molecule has 0 unspecified atom stereocenters. The summed E-state index contributed by atoms with van der Waals surface area (Å²) < 4.78 is 1.68. The van der Waals surface area contributed by atoms with Gasteiger partial charge in [0, 0.05) is 20.1 Å². The van der Waals surface area contributed by atoms with Crippen molar-refractivity contribution in [3.8, 4) is 0 Å². The minimum absolute atomic E-state index is 0.00996. The van der Waals surface area contributed by atoms with Crippen molar-refractivity contribution in [2.75, 3.05) is 18.0 Å². The number of aromatic nitrogens is 3. The van der Waals surface area contributed by atoms with E-state index in [-0.39, 0.29) is 5.69 Å². The van der Waals surface area contributed by atoms with Crippen molar-refractivity contribution in [1.29, 1.82) is 0 Å². The number of imidazole rings is 1. The molecule has 0 aliphatic carbocycles. The topological polar surface area (TPSA) is 77.1 Å². The Balaban J connectivity index is 2.16. The van der Waals surface area contributed by atoms with Crippen LogP contribution >= 0.6 is 0 Å². The van der Waals surface area contributed by atoms with E-state index < -0.39 is 4.92 Å². The molecule has 1 saturated heterocycles. The summed E-state index contributed by atoms with van der Waals surface area (Å²) in [7, 11) is 1.77. The number of nitrogens with zero attached hydrogens (tertiary/aromatic N) is 5. The molecule has 3 heterocycles. The molecule has 2 aromatic rings. The number of rotatable bonds is 2. The highest BCUT2D eigenvalue weighted by molar-refractivity contribution is 5.92. The van der Waals surface area contributed by atoms with E-state index in [4.69, 9.17) is 0 Å². The third kappa shape index (κ3) is 1.91. The maximum Gasteiger partial charge on any atom is 0.313 e. The van der Waals surface area contributed by atoms with Crippen LogP contribution in [0.3, 0.4) is 0 Å². The second kappa shape index (κ2) is 4.49. The molecule has 19 heavy (non-hydrogen) atoms. The van der Waals surface area contributed by atoms with Gasteiger partial charge in [-0.25, -0.2) is 9.97 Å². The number of fused-ring (bicyclic) bond motifs is 1.